The molecule has 1 atom stereocenters. The molecule has 0 spiro atoms. The number of fused-ring (bicyclic) bond motifs is 1. The number of halogens is 1. The van der Waals surface area contributed by atoms with E-state index in [0.29, 0.717) is 23.7 Å². The van der Waals surface area contributed by atoms with Crippen LogP contribution in [0.4, 0.5) is 15.8 Å². The predicted molar refractivity (Wildman–Crippen MR) is 135 cm³/mol. The summed E-state index contributed by atoms with van der Waals surface area (Å²) in [6, 6.07) is 13.9. The van der Waals surface area contributed by atoms with Crippen LogP contribution >= 0.6 is 7.37 Å². The summed E-state index contributed by atoms with van der Waals surface area (Å²) in [7, 11) is -3.81. The maximum absolute atomic E-state index is 15.1. The SMILES string of the molecule is CCc1c(C(=O)N2CCOc3ccc(-c4ccc(N)c(NN)c4)cc3C2)ccc(P(C)(=O)O)c1F. The fourth-order valence-corrected chi connectivity index (χ4v) is 5.10. The molecule has 6 N–H and O–H groups in total. The highest BCUT2D eigenvalue weighted by molar-refractivity contribution is 7.65. The van der Waals surface area contributed by atoms with Crippen LogP contribution in [0, 0.1) is 5.82 Å². The van der Waals surface area contributed by atoms with Crippen molar-refractivity contribution in [2.75, 3.05) is 31.0 Å². The van der Waals surface area contributed by atoms with Crippen molar-refractivity contribution < 1.29 is 23.4 Å². The molecule has 0 saturated heterocycles. The van der Waals surface area contributed by atoms with E-state index in [1.807, 2.05) is 30.3 Å². The largest absolute Gasteiger partial charge is 0.491 e. The number of nitrogens with two attached hydrogens (primary N) is 2. The van der Waals surface area contributed by atoms with E-state index in [1.54, 1.807) is 17.9 Å². The lowest BCUT2D eigenvalue weighted by atomic mass is 10.0. The number of carbonyl (C=O) groups excluding carboxylic acids is 1. The van der Waals surface area contributed by atoms with Crippen LogP contribution in [0.2, 0.25) is 0 Å². The Morgan fingerprint density at radius 2 is 1.91 bits per heavy atom. The number of ether oxygens (including phenoxy) is 1. The predicted octanol–water partition coefficient (Wildman–Crippen LogP) is 3.48. The van der Waals surface area contributed by atoms with Crippen LogP contribution < -0.4 is 27.0 Å². The number of nitrogens with one attached hydrogen (secondary N) is 1. The molecule has 8 nitrogen and oxygen atoms in total. The van der Waals surface area contributed by atoms with Crippen LogP contribution in [0.25, 0.3) is 11.1 Å². The zero-order chi connectivity index (χ0) is 25.3. The van der Waals surface area contributed by atoms with Gasteiger partial charge in [0.25, 0.3) is 5.91 Å². The Bertz CT molecular complexity index is 1340. The van der Waals surface area contributed by atoms with Gasteiger partial charge in [-0.3, -0.25) is 15.2 Å². The smallest absolute Gasteiger partial charge is 0.254 e. The van der Waals surface area contributed by atoms with Crippen LogP contribution in [0.1, 0.15) is 28.4 Å². The van der Waals surface area contributed by atoms with Gasteiger partial charge in [0.2, 0.25) is 7.37 Å². The second-order valence-corrected chi connectivity index (χ2v) is 10.7. The van der Waals surface area contributed by atoms with E-state index < -0.39 is 13.2 Å². The van der Waals surface area contributed by atoms with E-state index >= 15 is 4.39 Å². The number of nitrogens with zero attached hydrogens (tertiary/aromatic N) is 1. The van der Waals surface area contributed by atoms with Crippen molar-refractivity contribution in [3.63, 3.8) is 0 Å². The van der Waals surface area contributed by atoms with Gasteiger partial charge in [-0.2, -0.15) is 0 Å². The van der Waals surface area contributed by atoms with Crippen molar-refractivity contribution in [3.05, 3.63) is 71.0 Å². The minimum Gasteiger partial charge on any atom is -0.491 e. The summed E-state index contributed by atoms with van der Waals surface area (Å²) in [5.41, 5.74) is 12.5. The highest BCUT2D eigenvalue weighted by Gasteiger charge is 2.28. The fraction of sp³-hybridized carbons (Fsp3) is 0.240. The lowest BCUT2D eigenvalue weighted by Crippen LogP contribution is -2.33. The Morgan fingerprint density at radius 3 is 2.60 bits per heavy atom. The summed E-state index contributed by atoms with van der Waals surface area (Å²) in [6.07, 6.45) is 0.209. The van der Waals surface area contributed by atoms with E-state index in [-0.39, 0.29) is 41.9 Å². The monoisotopic (exact) mass is 498 g/mol. The molecule has 0 saturated carbocycles. The number of rotatable bonds is 5. The molecule has 3 aromatic rings. The maximum atomic E-state index is 15.1. The van der Waals surface area contributed by atoms with Gasteiger partial charge in [0, 0.05) is 29.9 Å². The van der Waals surface area contributed by atoms with Gasteiger partial charge in [0.05, 0.1) is 23.2 Å². The average Bonchev–Trinajstić information content (AvgIpc) is 3.04. The number of hydrogen-bond acceptors (Lipinski definition) is 6. The molecule has 1 amide bonds. The van der Waals surface area contributed by atoms with Crippen molar-refractivity contribution in [3.8, 4) is 16.9 Å². The second-order valence-electron chi connectivity index (χ2n) is 8.50. The summed E-state index contributed by atoms with van der Waals surface area (Å²) in [5, 5.41) is -0.269. The van der Waals surface area contributed by atoms with Gasteiger partial charge < -0.3 is 25.7 Å². The molecule has 10 heteroatoms. The van der Waals surface area contributed by atoms with E-state index in [1.165, 1.54) is 12.1 Å². The zero-order valence-electron chi connectivity index (χ0n) is 19.5. The highest BCUT2D eigenvalue weighted by Crippen LogP contribution is 2.37. The Balaban J connectivity index is 1.68. The van der Waals surface area contributed by atoms with Crippen LogP contribution in [0.3, 0.4) is 0 Å². The minimum absolute atomic E-state index is 0.131. The topological polar surface area (TPSA) is 131 Å². The molecule has 0 bridgehead atoms. The van der Waals surface area contributed by atoms with Gasteiger partial charge in [-0.1, -0.05) is 19.1 Å². The molecule has 1 heterocycles. The van der Waals surface area contributed by atoms with Gasteiger partial charge in [-0.05, 0) is 53.9 Å². The molecule has 1 aliphatic rings. The molecule has 0 fully saturated rings. The standard InChI is InChI=1S/C25H28FN4O4P/c1-3-18-19(6-9-23(24(18)26)35(2,32)33)25(31)30-10-11-34-22-8-5-15(12-17(22)14-30)16-4-7-20(27)21(13-16)29-28/h4-9,12-13,29H,3,10-11,14,27-28H2,1-2H3,(H,32,33). The lowest BCUT2D eigenvalue weighted by Gasteiger charge is -2.22. The third-order valence-electron chi connectivity index (χ3n) is 6.12. The van der Waals surface area contributed by atoms with E-state index in [0.717, 1.165) is 23.4 Å². The summed E-state index contributed by atoms with van der Waals surface area (Å²) < 4.78 is 33.0. The molecule has 35 heavy (non-hydrogen) atoms. The summed E-state index contributed by atoms with van der Waals surface area (Å²) in [6.45, 7) is 3.65. The Hall–Kier alpha value is -3.39. The summed E-state index contributed by atoms with van der Waals surface area (Å²) in [4.78, 5) is 24.9. The van der Waals surface area contributed by atoms with Gasteiger partial charge in [-0.25, -0.2) is 4.39 Å². The molecule has 1 aliphatic heterocycles. The van der Waals surface area contributed by atoms with Gasteiger partial charge in [0.1, 0.15) is 18.2 Å². The van der Waals surface area contributed by atoms with E-state index in [2.05, 4.69) is 5.43 Å². The van der Waals surface area contributed by atoms with E-state index in [4.69, 9.17) is 16.3 Å². The first-order valence-corrected chi connectivity index (χ1v) is 13.3. The molecule has 184 valence electrons. The van der Waals surface area contributed by atoms with Crippen molar-refractivity contribution in [2.24, 2.45) is 5.84 Å². The first-order chi connectivity index (χ1) is 16.6. The summed E-state index contributed by atoms with van der Waals surface area (Å²) >= 11 is 0. The van der Waals surface area contributed by atoms with Gasteiger partial charge in [0.15, 0.2) is 0 Å². The molecular formula is C25H28FN4O4P. The number of hydrogen-bond donors (Lipinski definition) is 4. The fourth-order valence-electron chi connectivity index (χ4n) is 4.25. The zero-order valence-corrected chi connectivity index (χ0v) is 20.4. The van der Waals surface area contributed by atoms with Crippen molar-refractivity contribution in [2.45, 2.75) is 19.9 Å². The number of hydrazine groups is 1. The van der Waals surface area contributed by atoms with Crippen molar-refractivity contribution in [1.29, 1.82) is 0 Å². The van der Waals surface area contributed by atoms with E-state index in [9.17, 15) is 14.3 Å². The first kappa shape index (κ1) is 24.7. The van der Waals surface area contributed by atoms with Gasteiger partial charge in [-0.15, -0.1) is 0 Å². The number of benzene rings is 3. The number of anilines is 2. The molecular weight excluding hydrogens is 470 g/mol. The number of nitrogen functional groups attached to an aromatic ring is 2. The first-order valence-electron chi connectivity index (χ1n) is 11.2. The van der Waals surface area contributed by atoms with Crippen molar-refractivity contribution in [1.82, 2.24) is 4.90 Å². The third kappa shape index (κ3) is 4.89. The average molecular weight is 498 g/mol. The van der Waals surface area contributed by atoms with Crippen LogP contribution in [-0.2, 0) is 17.5 Å². The quantitative estimate of drug-likeness (QED) is 0.183. The molecule has 0 aromatic heterocycles. The van der Waals surface area contributed by atoms with Crippen molar-refractivity contribution >= 4 is 30.0 Å². The summed E-state index contributed by atoms with van der Waals surface area (Å²) in [5.74, 6) is 5.06. The molecule has 0 aliphatic carbocycles. The number of amides is 1. The molecule has 4 rings (SSSR count). The molecule has 0 radical (unpaired) electrons. The Morgan fingerprint density at radius 1 is 1.20 bits per heavy atom. The van der Waals surface area contributed by atoms with Crippen LogP contribution in [-0.4, -0.2) is 35.5 Å². The number of carbonyl (C=O) groups is 1. The second kappa shape index (κ2) is 9.70. The van der Waals surface area contributed by atoms with Crippen LogP contribution in [0.15, 0.2) is 48.5 Å². The third-order valence-corrected chi connectivity index (χ3v) is 7.36. The molecule has 3 aromatic carbocycles. The Labute approximate surface area is 203 Å². The lowest BCUT2D eigenvalue weighted by molar-refractivity contribution is 0.0731. The molecule has 1 unspecified atom stereocenters. The van der Waals surface area contributed by atoms with Crippen LogP contribution in [0.5, 0.6) is 5.75 Å². The maximum Gasteiger partial charge on any atom is 0.254 e. The highest BCUT2D eigenvalue weighted by atomic mass is 31.2. The minimum atomic E-state index is -3.81. The van der Waals surface area contributed by atoms with Gasteiger partial charge >= 0.3 is 0 Å². The Kier molecular flexibility index (Phi) is 6.85. The normalized spacial score (nSPS) is 14.9.